The molecule has 40 heavy (non-hydrogen) atoms. The third kappa shape index (κ3) is 6.35. The number of anilines is 1. The monoisotopic (exact) mass is 576 g/mol. The lowest BCUT2D eigenvalue weighted by atomic mass is 9.96. The number of nitrogens with two attached hydrogens (primary N) is 1. The van der Waals surface area contributed by atoms with Crippen molar-refractivity contribution in [2.75, 3.05) is 12.3 Å². The first-order valence-electron chi connectivity index (χ1n) is 12.6. The van der Waals surface area contributed by atoms with Crippen LogP contribution in [0.25, 0.3) is 10.8 Å². The summed E-state index contributed by atoms with van der Waals surface area (Å²) in [5.74, 6) is -0.492. The Labute approximate surface area is 230 Å². The predicted molar refractivity (Wildman–Crippen MR) is 145 cm³/mol. The number of hydrogen-bond acceptors (Lipinski definition) is 11. The highest BCUT2D eigenvalue weighted by Gasteiger charge is 2.54. The van der Waals surface area contributed by atoms with Crippen LogP contribution in [0.5, 0.6) is 5.75 Å². The van der Waals surface area contributed by atoms with Gasteiger partial charge in [-0.15, -0.1) is 0 Å². The summed E-state index contributed by atoms with van der Waals surface area (Å²) in [7, 11) is -4.35. The van der Waals surface area contributed by atoms with Gasteiger partial charge in [-0.05, 0) is 45.2 Å². The summed E-state index contributed by atoms with van der Waals surface area (Å²) in [5.41, 5.74) is 2.78. The Morgan fingerprint density at radius 1 is 1.23 bits per heavy atom. The molecule has 2 heterocycles. The molecule has 0 spiro atoms. The first-order chi connectivity index (χ1) is 18.8. The number of rotatable bonds is 10. The first kappa shape index (κ1) is 29.7. The molecule has 2 aromatic carbocycles. The zero-order valence-electron chi connectivity index (χ0n) is 22.5. The van der Waals surface area contributed by atoms with Gasteiger partial charge in [0, 0.05) is 11.6 Å². The van der Waals surface area contributed by atoms with E-state index in [9.17, 15) is 24.4 Å². The zero-order valence-corrected chi connectivity index (χ0v) is 23.4. The van der Waals surface area contributed by atoms with Crippen LogP contribution < -0.4 is 21.0 Å². The Balaban J connectivity index is 1.59. The first-order valence-corrected chi connectivity index (χ1v) is 14.2. The fourth-order valence-electron chi connectivity index (χ4n) is 4.27. The van der Waals surface area contributed by atoms with Crippen LogP contribution in [-0.2, 0) is 23.4 Å². The van der Waals surface area contributed by atoms with Crippen molar-refractivity contribution in [1.29, 1.82) is 0 Å². The molecule has 216 valence electrons. The summed E-state index contributed by atoms with van der Waals surface area (Å²) >= 11 is 0. The molecule has 6 atom stereocenters. The highest BCUT2D eigenvalue weighted by molar-refractivity contribution is 7.52. The standard InChI is InChI=1S/C26H33N4O9P/c1-15(2)37-23(32)16(3)29-40(35,39-19-11-7-9-17-8-5-6-10-18(17)19)36-14-20-22(31)26(4,34)24(38-20)30-13-12-21(27)28-25(30)33/h5-13,15-16,20,22,24,31,34H,14H2,1-4H3,(H,29,35)(H2,27,28,33). The number of ether oxygens (including phenoxy) is 2. The molecule has 0 amide bonds. The van der Waals surface area contributed by atoms with Gasteiger partial charge >= 0.3 is 19.4 Å². The van der Waals surface area contributed by atoms with Crippen LogP contribution in [0.1, 0.15) is 33.9 Å². The van der Waals surface area contributed by atoms with E-state index in [0.717, 1.165) is 9.95 Å². The quantitative estimate of drug-likeness (QED) is 0.204. The largest absolute Gasteiger partial charge is 0.462 e. The number of hydrogen-bond donors (Lipinski definition) is 4. The van der Waals surface area contributed by atoms with Crippen molar-refractivity contribution in [3.63, 3.8) is 0 Å². The third-order valence-electron chi connectivity index (χ3n) is 6.29. The molecule has 1 aromatic heterocycles. The number of esters is 1. The Bertz CT molecular complexity index is 1470. The van der Waals surface area contributed by atoms with Crippen LogP contribution in [0.2, 0.25) is 0 Å². The van der Waals surface area contributed by atoms with Crippen molar-refractivity contribution < 1.29 is 38.1 Å². The number of carbonyl (C=O) groups excluding carboxylic acids is 1. The molecule has 14 heteroatoms. The normalized spacial score (nSPS) is 25.0. The van der Waals surface area contributed by atoms with Crippen LogP contribution in [0, 0.1) is 0 Å². The van der Waals surface area contributed by atoms with E-state index >= 15 is 0 Å². The summed E-state index contributed by atoms with van der Waals surface area (Å²) in [4.78, 5) is 28.5. The van der Waals surface area contributed by atoms with E-state index < -0.39 is 62.2 Å². The second-order valence-corrected chi connectivity index (χ2v) is 11.6. The number of aliphatic hydroxyl groups excluding tert-OH is 1. The van der Waals surface area contributed by atoms with E-state index in [1.165, 1.54) is 26.1 Å². The van der Waals surface area contributed by atoms with Gasteiger partial charge in [0.15, 0.2) is 6.23 Å². The SMILES string of the molecule is CC(C)OC(=O)C(C)NP(=O)(OCC1OC(n2ccc(N)nc2=O)C(C)(O)C1O)Oc1cccc2ccccc12. The molecule has 0 aliphatic carbocycles. The van der Waals surface area contributed by atoms with Crippen molar-refractivity contribution in [3.8, 4) is 5.75 Å². The van der Waals surface area contributed by atoms with Crippen molar-refractivity contribution >= 4 is 30.3 Å². The van der Waals surface area contributed by atoms with Gasteiger partial charge in [-0.1, -0.05) is 36.4 Å². The maximum atomic E-state index is 14.1. The van der Waals surface area contributed by atoms with Crippen LogP contribution >= 0.6 is 7.75 Å². The molecule has 1 aliphatic rings. The minimum Gasteiger partial charge on any atom is -0.462 e. The van der Waals surface area contributed by atoms with Gasteiger partial charge in [-0.2, -0.15) is 10.1 Å². The molecule has 5 N–H and O–H groups in total. The van der Waals surface area contributed by atoms with E-state index in [2.05, 4.69) is 10.1 Å². The molecule has 3 aromatic rings. The highest BCUT2D eigenvalue weighted by atomic mass is 31.2. The summed E-state index contributed by atoms with van der Waals surface area (Å²) in [6.07, 6.45) is -3.32. The lowest BCUT2D eigenvalue weighted by molar-refractivity contribution is -0.149. The molecule has 13 nitrogen and oxygen atoms in total. The van der Waals surface area contributed by atoms with Crippen molar-refractivity contribution in [2.45, 2.75) is 63.9 Å². The average molecular weight is 577 g/mol. The lowest BCUT2D eigenvalue weighted by Gasteiger charge is -2.27. The minimum atomic E-state index is -4.35. The average Bonchev–Trinajstić information content (AvgIpc) is 3.11. The Morgan fingerprint density at radius 3 is 2.62 bits per heavy atom. The topological polar surface area (TPSA) is 184 Å². The number of aromatic nitrogens is 2. The molecule has 1 fully saturated rings. The van der Waals surface area contributed by atoms with Crippen LogP contribution in [0.3, 0.4) is 0 Å². The fraction of sp³-hybridized carbons (Fsp3) is 0.423. The van der Waals surface area contributed by atoms with E-state index in [1.54, 1.807) is 38.1 Å². The maximum Gasteiger partial charge on any atom is 0.459 e. The number of aliphatic hydroxyl groups is 2. The lowest BCUT2D eigenvalue weighted by Crippen LogP contribution is -2.46. The Kier molecular flexibility index (Phi) is 8.64. The second kappa shape index (κ2) is 11.7. The van der Waals surface area contributed by atoms with Crippen LogP contribution in [-0.4, -0.2) is 62.3 Å². The molecule has 1 saturated heterocycles. The highest BCUT2D eigenvalue weighted by Crippen LogP contribution is 2.48. The molecule has 4 rings (SSSR count). The Morgan fingerprint density at radius 2 is 1.93 bits per heavy atom. The van der Waals surface area contributed by atoms with E-state index in [0.29, 0.717) is 5.39 Å². The van der Waals surface area contributed by atoms with Gasteiger partial charge < -0.3 is 29.9 Å². The van der Waals surface area contributed by atoms with Gasteiger partial charge in [0.25, 0.3) is 0 Å². The smallest absolute Gasteiger partial charge is 0.459 e. The molecular weight excluding hydrogens is 543 g/mol. The molecule has 0 bridgehead atoms. The summed E-state index contributed by atoms with van der Waals surface area (Å²) < 4.78 is 37.6. The zero-order chi connectivity index (χ0) is 29.2. The van der Waals surface area contributed by atoms with Gasteiger partial charge in [0.05, 0.1) is 12.7 Å². The summed E-state index contributed by atoms with van der Waals surface area (Å²) in [6, 6.07) is 12.6. The van der Waals surface area contributed by atoms with Gasteiger partial charge in [-0.3, -0.25) is 13.9 Å². The van der Waals surface area contributed by atoms with E-state index in [4.69, 9.17) is 24.3 Å². The van der Waals surface area contributed by atoms with Crippen molar-refractivity contribution in [1.82, 2.24) is 14.6 Å². The number of nitrogen functional groups attached to an aromatic ring is 1. The number of carbonyl (C=O) groups is 1. The second-order valence-electron chi connectivity index (χ2n) is 9.94. The van der Waals surface area contributed by atoms with Gasteiger partial charge in [-0.25, -0.2) is 9.36 Å². The van der Waals surface area contributed by atoms with Gasteiger partial charge in [0.2, 0.25) is 0 Å². The summed E-state index contributed by atoms with van der Waals surface area (Å²) in [5, 5.41) is 25.9. The van der Waals surface area contributed by atoms with E-state index in [-0.39, 0.29) is 11.6 Å². The van der Waals surface area contributed by atoms with E-state index in [1.807, 2.05) is 18.2 Å². The maximum absolute atomic E-state index is 14.1. The number of fused-ring (bicyclic) bond motifs is 1. The minimum absolute atomic E-state index is 0.0259. The Hall–Kier alpha value is -3.32. The third-order valence-corrected chi connectivity index (χ3v) is 7.92. The molecule has 1 aliphatic heterocycles. The van der Waals surface area contributed by atoms with Crippen molar-refractivity contribution in [3.05, 3.63) is 65.2 Å². The fourth-order valence-corrected chi connectivity index (χ4v) is 5.79. The molecule has 0 radical (unpaired) electrons. The number of nitrogens with one attached hydrogen (secondary N) is 1. The van der Waals surface area contributed by atoms with Crippen LogP contribution in [0.4, 0.5) is 5.82 Å². The number of nitrogens with zero attached hydrogens (tertiary/aromatic N) is 2. The molecule has 0 saturated carbocycles. The van der Waals surface area contributed by atoms with Crippen molar-refractivity contribution in [2.24, 2.45) is 0 Å². The predicted octanol–water partition coefficient (Wildman–Crippen LogP) is 2.12. The summed E-state index contributed by atoms with van der Waals surface area (Å²) in [6.45, 7) is 5.52. The van der Waals surface area contributed by atoms with Crippen LogP contribution in [0.15, 0.2) is 59.5 Å². The molecular formula is C26H33N4O9P. The van der Waals surface area contributed by atoms with Gasteiger partial charge in [0.1, 0.15) is 35.4 Å². The molecule has 6 unspecified atom stereocenters. The number of benzene rings is 2.